The van der Waals surface area contributed by atoms with E-state index in [0.717, 1.165) is 10.6 Å². The summed E-state index contributed by atoms with van der Waals surface area (Å²) < 4.78 is 0. The van der Waals surface area contributed by atoms with Crippen molar-refractivity contribution in [1.82, 2.24) is 5.32 Å². The van der Waals surface area contributed by atoms with E-state index in [0.29, 0.717) is 5.75 Å². The van der Waals surface area contributed by atoms with Gasteiger partial charge in [0.2, 0.25) is 0 Å². The van der Waals surface area contributed by atoms with Crippen LogP contribution < -0.4 is 5.32 Å². The summed E-state index contributed by atoms with van der Waals surface area (Å²) in [6.45, 7) is 0. The second-order valence-corrected chi connectivity index (χ2v) is 6.41. The molecule has 3 aliphatic rings. The Morgan fingerprint density at radius 1 is 1.50 bits per heavy atom. The van der Waals surface area contributed by atoms with Crippen LogP contribution in [0.3, 0.4) is 0 Å². The second kappa shape index (κ2) is 4.56. The number of ketones is 1. The second-order valence-electron chi connectivity index (χ2n) is 4.08. The quantitative estimate of drug-likeness (QED) is 0.724. The molecule has 3 rings (SSSR count). The average Bonchev–Trinajstić information content (AvgIpc) is 2.93. The Kier molecular flexibility index (Phi) is 3.04. The Bertz CT molecular complexity index is 512. The predicted octanol–water partition coefficient (Wildman–Crippen LogP) is 0.639. The number of fused-ring (bicyclic) bond motifs is 1. The minimum atomic E-state index is -0.827. The van der Waals surface area contributed by atoms with E-state index in [4.69, 9.17) is 5.11 Å². The fourth-order valence-electron chi connectivity index (χ4n) is 1.92. The van der Waals surface area contributed by atoms with E-state index in [2.05, 4.69) is 10.3 Å². The van der Waals surface area contributed by atoms with Gasteiger partial charge in [-0.3, -0.25) is 19.9 Å². The van der Waals surface area contributed by atoms with Gasteiger partial charge in [-0.15, -0.1) is 11.8 Å². The Hall–Kier alpha value is -1.05. The SMILES string of the molecule is O=C1C=CC2=NC(C3N[C@@H](C(=O)O)CS3)SC2=C1. The van der Waals surface area contributed by atoms with Gasteiger partial charge in [-0.1, -0.05) is 11.8 Å². The van der Waals surface area contributed by atoms with Crippen LogP contribution in [0.2, 0.25) is 0 Å². The number of nitrogens with one attached hydrogen (secondary N) is 1. The van der Waals surface area contributed by atoms with Crippen LogP contribution in [-0.4, -0.2) is 45.1 Å². The average molecular weight is 282 g/mol. The highest BCUT2D eigenvalue weighted by Gasteiger charge is 2.38. The number of thioether (sulfide) groups is 2. The maximum Gasteiger partial charge on any atom is 0.321 e. The summed E-state index contributed by atoms with van der Waals surface area (Å²) in [7, 11) is 0. The first kappa shape index (κ1) is 12.0. The number of carbonyl (C=O) groups is 2. The van der Waals surface area contributed by atoms with Crippen LogP contribution in [-0.2, 0) is 9.59 Å². The van der Waals surface area contributed by atoms with Crippen molar-refractivity contribution < 1.29 is 14.7 Å². The molecule has 3 atom stereocenters. The number of allylic oxidation sites excluding steroid dienone is 4. The molecule has 1 aliphatic carbocycles. The molecule has 7 heteroatoms. The lowest BCUT2D eigenvalue weighted by atomic mass is 10.1. The number of hydrogen-bond acceptors (Lipinski definition) is 6. The molecule has 0 aromatic rings. The number of carboxylic acid groups (broad SMARTS) is 1. The third kappa shape index (κ3) is 2.13. The molecule has 0 aromatic carbocycles. The first-order chi connectivity index (χ1) is 8.63. The van der Waals surface area contributed by atoms with Crippen LogP contribution in [0.4, 0.5) is 0 Å². The normalized spacial score (nSPS) is 34.2. The first-order valence-corrected chi connectivity index (χ1v) is 7.35. The van der Waals surface area contributed by atoms with E-state index in [1.54, 1.807) is 23.9 Å². The van der Waals surface area contributed by atoms with E-state index in [-0.39, 0.29) is 16.5 Å². The minimum Gasteiger partial charge on any atom is -0.480 e. The van der Waals surface area contributed by atoms with Gasteiger partial charge in [0, 0.05) is 16.7 Å². The molecule has 0 bridgehead atoms. The molecular weight excluding hydrogens is 272 g/mol. The molecule has 2 N–H and O–H groups in total. The Balaban J connectivity index is 1.72. The monoisotopic (exact) mass is 282 g/mol. The standard InChI is InChI=1S/C11H10N2O3S2/c14-5-1-2-6-8(3-5)18-10(12-6)9-13-7(4-17-9)11(15)16/h1-3,7,9-10,13H,4H2,(H,15,16)/t7-,9?,10?/m1/s1. The van der Waals surface area contributed by atoms with E-state index >= 15 is 0 Å². The maximum atomic E-state index is 11.2. The van der Waals surface area contributed by atoms with Gasteiger partial charge in [-0.2, -0.15) is 0 Å². The summed E-state index contributed by atoms with van der Waals surface area (Å²) in [5, 5.41) is 11.9. The summed E-state index contributed by atoms with van der Waals surface area (Å²) in [6.07, 6.45) is 4.80. The van der Waals surface area contributed by atoms with Crippen LogP contribution in [0, 0.1) is 0 Å². The Morgan fingerprint density at radius 3 is 3.06 bits per heavy atom. The molecule has 0 amide bonds. The number of nitrogens with zero attached hydrogens (tertiary/aromatic N) is 1. The molecule has 18 heavy (non-hydrogen) atoms. The van der Waals surface area contributed by atoms with E-state index in [1.807, 2.05) is 0 Å². The fourth-order valence-corrected chi connectivity index (χ4v) is 4.50. The molecular formula is C11H10N2O3S2. The summed E-state index contributed by atoms with van der Waals surface area (Å²) in [5.41, 5.74) is 0.825. The molecule has 2 heterocycles. The first-order valence-electron chi connectivity index (χ1n) is 5.42. The highest BCUT2D eigenvalue weighted by molar-refractivity contribution is 8.07. The number of hydrogen-bond donors (Lipinski definition) is 2. The van der Waals surface area contributed by atoms with Crippen molar-refractivity contribution in [2.45, 2.75) is 16.8 Å². The molecule has 5 nitrogen and oxygen atoms in total. The zero-order valence-corrected chi connectivity index (χ0v) is 10.8. The van der Waals surface area contributed by atoms with Gasteiger partial charge in [0.25, 0.3) is 0 Å². The van der Waals surface area contributed by atoms with Crippen LogP contribution in [0.1, 0.15) is 0 Å². The van der Waals surface area contributed by atoms with Crippen LogP contribution in [0.25, 0.3) is 0 Å². The number of rotatable bonds is 2. The Morgan fingerprint density at radius 2 is 2.33 bits per heavy atom. The predicted molar refractivity (Wildman–Crippen MR) is 71.8 cm³/mol. The van der Waals surface area contributed by atoms with Gasteiger partial charge in [0.15, 0.2) is 5.78 Å². The van der Waals surface area contributed by atoms with Gasteiger partial charge >= 0.3 is 5.97 Å². The number of aliphatic imine (C=N–C) groups is 1. The summed E-state index contributed by atoms with van der Waals surface area (Å²) >= 11 is 3.08. The van der Waals surface area contributed by atoms with Crippen LogP contribution in [0.5, 0.6) is 0 Å². The summed E-state index contributed by atoms with van der Waals surface area (Å²) in [6, 6.07) is -0.505. The summed E-state index contributed by atoms with van der Waals surface area (Å²) in [4.78, 5) is 27.5. The van der Waals surface area contributed by atoms with E-state index in [1.165, 1.54) is 17.8 Å². The molecule has 2 unspecified atom stereocenters. The van der Waals surface area contributed by atoms with Gasteiger partial charge in [-0.25, -0.2) is 0 Å². The van der Waals surface area contributed by atoms with Crippen molar-refractivity contribution in [3.05, 3.63) is 23.1 Å². The maximum absolute atomic E-state index is 11.2. The minimum absolute atomic E-state index is 0.0152. The number of aliphatic carboxylic acids is 1. The van der Waals surface area contributed by atoms with E-state index < -0.39 is 12.0 Å². The topological polar surface area (TPSA) is 78.8 Å². The van der Waals surface area contributed by atoms with Crippen molar-refractivity contribution in [2.24, 2.45) is 4.99 Å². The van der Waals surface area contributed by atoms with E-state index in [9.17, 15) is 9.59 Å². The van der Waals surface area contributed by atoms with Crippen molar-refractivity contribution in [3.63, 3.8) is 0 Å². The molecule has 1 fully saturated rings. The fraction of sp³-hybridized carbons (Fsp3) is 0.364. The smallest absolute Gasteiger partial charge is 0.321 e. The zero-order valence-electron chi connectivity index (χ0n) is 9.20. The highest BCUT2D eigenvalue weighted by atomic mass is 32.2. The molecule has 0 spiro atoms. The van der Waals surface area contributed by atoms with Crippen molar-refractivity contribution in [2.75, 3.05) is 5.75 Å². The molecule has 1 saturated heterocycles. The van der Waals surface area contributed by atoms with Gasteiger partial charge in [-0.05, 0) is 12.2 Å². The summed E-state index contributed by atoms with van der Waals surface area (Å²) in [5.74, 6) is -0.296. The number of carbonyl (C=O) groups excluding carboxylic acids is 1. The lowest BCUT2D eigenvalue weighted by molar-refractivity contribution is -0.138. The molecule has 0 aromatic heterocycles. The third-order valence-electron chi connectivity index (χ3n) is 2.81. The van der Waals surface area contributed by atoms with Crippen molar-refractivity contribution >= 4 is 41.0 Å². The van der Waals surface area contributed by atoms with Gasteiger partial charge < -0.3 is 5.11 Å². The molecule has 0 saturated carbocycles. The van der Waals surface area contributed by atoms with Crippen LogP contribution in [0.15, 0.2) is 28.1 Å². The lowest BCUT2D eigenvalue weighted by Crippen LogP contribution is -2.39. The zero-order chi connectivity index (χ0) is 12.7. The van der Waals surface area contributed by atoms with Crippen molar-refractivity contribution in [3.8, 4) is 0 Å². The molecule has 2 aliphatic heterocycles. The Labute approximate surface area is 112 Å². The molecule has 0 radical (unpaired) electrons. The highest BCUT2D eigenvalue weighted by Crippen LogP contribution is 2.39. The largest absolute Gasteiger partial charge is 0.480 e. The molecule has 94 valence electrons. The van der Waals surface area contributed by atoms with Crippen LogP contribution >= 0.6 is 23.5 Å². The van der Waals surface area contributed by atoms with Crippen molar-refractivity contribution in [1.29, 1.82) is 0 Å². The lowest BCUT2D eigenvalue weighted by Gasteiger charge is -2.14. The third-order valence-corrected chi connectivity index (χ3v) is 5.46. The van der Waals surface area contributed by atoms with Gasteiger partial charge in [0.05, 0.1) is 11.1 Å². The van der Waals surface area contributed by atoms with Gasteiger partial charge in [0.1, 0.15) is 11.4 Å². The number of carboxylic acids is 1.